The van der Waals surface area contributed by atoms with E-state index in [4.69, 9.17) is 0 Å². The highest BCUT2D eigenvalue weighted by molar-refractivity contribution is 7.18. The molecule has 2 heterocycles. The minimum atomic E-state index is -0.202. The second-order valence-electron chi connectivity index (χ2n) is 7.13. The van der Waals surface area contributed by atoms with Gasteiger partial charge in [-0.15, -0.1) is 11.3 Å². The van der Waals surface area contributed by atoms with E-state index in [-0.39, 0.29) is 30.8 Å². The van der Waals surface area contributed by atoms with E-state index in [0.29, 0.717) is 12.2 Å². The molecule has 0 radical (unpaired) electrons. The number of nitrogens with zero attached hydrogens (tertiary/aromatic N) is 3. The van der Waals surface area contributed by atoms with Gasteiger partial charge in [-0.1, -0.05) is 24.3 Å². The Balaban J connectivity index is 1.51. The fourth-order valence-corrected chi connectivity index (χ4v) is 4.60. The zero-order valence-electron chi connectivity index (χ0n) is 15.9. The largest absolute Gasteiger partial charge is 0.324 e. The normalized spacial score (nSPS) is 16.8. The number of nitrogens with one attached hydrogen (secondary N) is 1. The van der Waals surface area contributed by atoms with Gasteiger partial charge in [0.25, 0.3) is 0 Å². The van der Waals surface area contributed by atoms with Gasteiger partial charge in [-0.05, 0) is 38.2 Å². The first kappa shape index (κ1) is 18.6. The van der Waals surface area contributed by atoms with E-state index in [1.807, 2.05) is 61.3 Å². The molecular formula is C21H22N4O2S. The Kier molecular flexibility index (Phi) is 5.11. The number of likely N-dealkylation sites (N-methyl/N-ethyl adjacent to an activating group) is 1. The number of fused-ring (bicyclic) bond motifs is 2. The van der Waals surface area contributed by atoms with Crippen LogP contribution >= 0.6 is 11.3 Å². The Hall–Kier alpha value is -2.77. The maximum Gasteiger partial charge on any atom is 0.241 e. The van der Waals surface area contributed by atoms with Crippen LogP contribution < -0.4 is 10.2 Å². The molecule has 0 saturated carbocycles. The predicted octanol–water partition coefficient (Wildman–Crippen LogP) is 3.49. The molecule has 0 bridgehead atoms. The molecule has 3 aromatic rings. The number of hydrogen-bond acceptors (Lipinski definition) is 5. The van der Waals surface area contributed by atoms with Gasteiger partial charge in [0, 0.05) is 12.5 Å². The maximum absolute atomic E-state index is 13.1. The summed E-state index contributed by atoms with van der Waals surface area (Å²) in [5, 5.41) is 3.87. The summed E-state index contributed by atoms with van der Waals surface area (Å²) in [5.41, 5.74) is 2.42. The lowest BCUT2D eigenvalue weighted by molar-refractivity contribution is -0.120. The average Bonchev–Trinajstić information content (AvgIpc) is 2.99. The first-order valence-electron chi connectivity index (χ1n) is 9.25. The fourth-order valence-electron chi connectivity index (χ4n) is 3.55. The third-order valence-electron chi connectivity index (χ3n) is 4.78. The number of thiazole rings is 1. The molecule has 144 valence electrons. The molecule has 28 heavy (non-hydrogen) atoms. The van der Waals surface area contributed by atoms with Gasteiger partial charge in [0.05, 0.1) is 34.7 Å². The van der Waals surface area contributed by atoms with Crippen molar-refractivity contribution in [2.75, 3.05) is 23.8 Å². The van der Waals surface area contributed by atoms with Crippen molar-refractivity contribution < 1.29 is 9.59 Å². The number of aromatic nitrogens is 1. The van der Waals surface area contributed by atoms with Crippen molar-refractivity contribution in [2.24, 2.45) is 0 Å². The summed E-state index contributed by atoms with van der Waals surface area (Å²) in [6.45, 7) is 2.77. The topological polar surface area (TPSA) is 65.5 Å². The zero-order valence-corrected chi connectivity index (χ0v) is 16.7. The van der Waals surface area contributed by atoms with Crippen molar-refractivity contribution >= 4 is 44.7 Å². The third kappa shape index (κ3) is 3.76. The second-order valence-corrected chi connectivity index (χ2v) is 8.25. The van der Waals surface area contributed by atoms with E-state index in [0.717, 1.165) is 20.9 Å². The van der Waals surface area contributed by atoms with Gasteiger partial charge < -0.3 is 10.2 Å². The second kappa shape index (κ2) is 7.69. The van der Waals surface area contributed by atoms with E-state index in [9.17, 15) is 9.59 Å². The van der Waals surface area contributed by atoms with Crippen LogP contribution in [0.3, 0.4) is 0 Å². The van der Waals surface area contributed by atoms with E-state index in [1.54, 1.807) is 16.2 Å². The standard InChI is InChI=1S/C21H22N4O2S/c1-14-11-19(26)22-15-7-3-5-9-17(15)25(14)21(27)13-24(2)12-20-23-16-8-4-6-10-18(16)28-20/h3-10,14H,11-13H2,1-2H3,(H,22,26)/t14-/m0/s1. The lowest BCUT2D eigenvalue weighted by Gasteiger charge is -2.29. The molecule has 2 amide bonds. The highest BCUT2D eigenvalue weighted by atomic mass is 32.1. The van der Waals surface area contributed by atoms with Crippen LogP contribution in [0.15, 0.2) is 48.5 Å². The van der Waals surface area contributed by atoms with Gasteiger partial charge in [-0.2, -0.15) is 0 Å². The molecule has 6 nitrogen and oxygen atoms in total. The van der Waals surface area contributed by atoms with Crippen LogP contribution in [0.2, 0.25) is 0 Å². The van der Waals surface area contributed by atoms with Crippen LogP contribution in [0.1, 0.15) is 18.4 Å². The summed E-state index contributed by atoms with van der Waals surface area (Å²) in [6, 6.07) is 15.3. The Labute approximate surface area is 167 Å². The van der Waals surface area contributed by atoms with Crippen LogP contribution in [-0.2, 0) is 16.1 Å². The summed E-state index contributed by atoms with van der Waals surface area (Å²) in [7, 11) is 1.92. The van der Waals surface area contributed by atoms with Gasteiger partial charge >= 0.3 is 0 Å². The molecule has 4 rings (SSSR count). The molecule has 7 heteroatoms. The van der Waals surface area contributed by atoms with Gasteiger partial charge in [-0.25, -0.2) is 4.98 Å². The van der Waals surface area contributed by atoms with Crippen molar-refractivity contribution in [1.29, 1.82) is 0 Å². The SMILES string of the molecule is C[C@H]1CC(=O)Nc2ccccc2N1C(=O)CN(C)Cc1nc2ccccc2s1. The predicted molar refractivity (Wildman–Crippen MR) is 113 cm³/mol. The van der Waals surface area contributed by atoms with Gasteiger partial charge in [-0.3, -0.25) is 14.5 Å². The zero-order chi connectivity index (χ0) is 19.7. The molecule has 1 atom stereocenters. The van der Waals surface area contributed by atoms with Crippen LogP contribution in [0.5, 0.6) is 0 Å². The Morgan fingerprint density at radius 3 is 2.82 bits per heavy atom. The molecule has 1 aliphatic rings. The number of benzene rings is 2. The van der Waals surface area contributed by atoms with Crippen molar-refractivity contribution in [1.82, 2.24) is 9.88 Å². The lowest BCUT2D eigenvalue weighted by Crippen LogP contribution is -2.44. The molecule has 0 fully saturated rings. The van der Waals surface area contributed by atoms with E-state index < -0.39 is 0 Å². The number of rotatable bonds is 4. The summed E-state index contributed by atoms with van der Waals surface area (Å²) in [6.07, 6.45) is 0.280. The molecule has 2 aromatic carbocycles. The van der Waals surface area contributed by atoms with Crippen molar-refractivity contribution in [3.63, 3.8) is 0 Å². The van der Waals surface area contributed by atoms with Crippen molar-refractivity contribution in [2.45, 2.75) is 25.9 Å². The molecular weight excluding hydrogens is 372 g/mol. The maximum atomic E-state index is 13.1. The number of anilines is 2. The van der Waals surface area contributed by atoms with Crippen LogP contribution in [-0.4, -0.2) is 41.3 Å². The number of carbonyl (C=O) groups is 2. The number of amides is 2. The van der Waals surface area contributed by atoms with E-state index in [1.165, 1.54) is 0 Å². The first-order chi connectivity index (χ1) is 13.5. The lowest BCUT2D eigenvalue weighted by atomic mass is 10.1. The van der Waals surface area contributed by atoms with Crippen LogP contribution in [0, 0.1) is 0 Å². The van der Waals surface area contributed by atoms with Crippen molar-refractivity contribution in [3.8, 4) is 0 Å². The van der Waals surface area contributed by atoms with Crippen molar-refractivity contribution in [3.05, 3.63) is 53.5 Å². The molecule has 1 aliphatic heterocycles. The Bertz CT molecular complexity index is 999. The average molecular weight is 395 g/mol. The molecule has 0 spiro atoms. The molecule has 1 N–H and O–H groups in total. The fraction of sp³-hybridized carbons (Fsp3) is 0.286. The first-order valence-corrected chi connectivity index (χ1v) is 10.1. The number of carbonyl (C=O) groups excluding carboxylic acids is 2. The molecule has 0 saturated heterocycles. The van der Waals surface area contributed by atoms with Crippen LogP contribution in [0.4, 0.5) is 11.4 Å². The van der Waals surface area contributed by atoms with E-state index >= 15 is 0 Å². The number of hydrogen-bond donors (Lipinski definition) is 1. The quantitative estimate of drug-likeness (QED) is 0.736. The highest BCUT2D eigenvalue weighted by Crippen LogP contribution is 2.31. The summed E-state index contributed by atoms with van der Waals surface area (Å²) in [5.74, 6) is -0.0989. The smallest absolute Gasteiger partial charge is 0.241 e. The highest BCUT2D eigenvalue weighted by Gasteiger charge is 2.29. The Morgan fingerprint density at radius 1 is 1.25 bits per heavy atom. The molecule has 0 aliphatic carbocycles. The molecule has 0 unspecified atom stereocenters. The minimum absolute atomic E-state index is 0.0277. The monoisotopic (exact) mass is 394 g/mol. The summed E-state index contributed by atoms with van der Waals surface area (Å²) >= 11 is 1.65. The van der Waals surface area contributed by atoms with Gasteiger partial charge in [0.15, 0.2) is 0 Å². The molecule has 1 aromatic heterocycles. The third-order valence-corrected chi connectivity index (χ3v) is 5.80. The van der Waals surface area contributed by atoms with Crippen LogP contribution in [0.25, 0.3) is 10.2 Å². The summed E-state index contributed by atoms with van der Waals surface area (Å²) in [4.78, 5) is 33.6. The minimum Gasteiger partial charge on any atom is -0.324 e. The number of para-hydroxylation sites is 3. The summed E-state index contributed by atoms with van der Waals surface area (Å²) < 4.78 is 1.15. The van der Waals surface area contributed by atoms with E-state index in [2.05, 4.69) is 16.4 Å². The Morgan fingerprint density at radius 2 is 2.00 bits per heavy atom. The van der Waals surface area contributed by atoms with Gasteiger partial charge in [0.2, 0.25) is 11.8 Å². The van der Waals surface area contributed by atoms with Gasteiger partial charge in [0.1, 0.15) is 5.01 Å².